The van der Waals surface area contributed by atoms with Crippen molar-refractivity contribution < 1.29 is 14.3 Å². The van der Waals surface area contributed by atoms with Gasteiger partial charge in [-0.1, -0.05) is 6.07 Å². The van der Waals surface area contributed by atoms with Gasteiger partial charge in [-0.15, -0.1) is 0 Å². The first kappa shape index (κ1) is 16.1. The van der Waals surface area contributed by atoms with E-state index < -0.39 is 0 Å². The van der Waals surface area contributed by atoms with Crippen LogP contribution in [-0.4, -0.2) is 44.8 Å². The monoisotopic (exact) mass is 280 g/mol. The molecule has 5 heteroatoms. The number of benzene rings is 1. The van der Waals surface area contributed by atoms with Crippen LogP contribution in [0.1, 0.15) is 19.4 Å². The summed E-state index contributed by atoms with van der Waals surface area (Å²) in [4.78, 5) is 13.6. The summed E-state index contributed by atoms with van der Waals surface area (Å²) in [6, 6.07) is 5.68. The molecule has 0 aliphatic rings. The minimum atomic E-state index is -0.0255. The van der Waals surface area contributed by atoms with Crippen LogP contribution in [0.5, 0.6) is 11.5 Å². The number of ether oxygens (including phenoxy) is 2. The van der Waals surface area contributed by atoms with Gasteiger partial charge >= 0.3 is 6.03 Å². The number of amides is 2. The van der Waals surface area contributed by atoms with E-state index in [2.05, 4.69) is 5.32 Å². The molecule has 0 spiro atoms. The molecule has 0 aliphatic heterocycles. The maximum absolute atomic E-state index is 11.8. The van der Waals surface area contributed by atoms with Crippen molar-refractivity contribution in [3.8, 4) is 11.5 Å². The van der Waals surface area contributed by atoms with Crippen molar-refractivity contribution in [3.63, 3.8) is 0 Å². The van der Waals surface area contributed by atoms with E-state index in [1.165, 1.54) is 0 Å². The zero-order chi connectivity index (χ0) is 15.0. The van der Waals surface area contributed by atoms with E-state index in [0.717, 1.165) is 23.5 Å². The van der Waals surface area contributed by atoms with E-state index >= 15 is 0 Å². The van der Waals surface area contributed by atoms with Crippen LogP contribution in [0.15, 0.2) is 18.2 Å². The molecule has 0 heterocycles. The van der Waals surface area contributed by atoms with Crippen molar-refractivity contribution in [2.75, 3.05) is 33.9 Å². The Balaban J connectivity index is 2.55. The lowest BCUT2D eigenvalue weighted by atomic mass is 10.1. The van der Waals surface area contributed by atoms with E-state index in [1.807, 2.05) is 32.0 Å². The van der Waals surface area contributed by atoms with Gasteiger partial charge in [0, 0.05) is 25.7 Å². The lowest BCUT2D eigenvalue weighted by Crippen LogP contribution is -2.40. The van der Waals surface area contributed by atoms with E-state index in [0.29, 0.717) is 19.6 Å². The molecule has 0 radical (unpaired) electrons. The number of nitrogens with one attached hydrogen (secondary N) is 1. The highest BCUT2D eigenvalue weighted by Gasteiger charge is 2.09. The molecule has 1 aromatic carbocycles. The lowest BCUT2D eigenvalue weighted by Gasteiger charge is -2.19. The highest BCUT2D eigenvalue weighted by molar-refractivity contribution is 5.74. The van der Waals surface area contributed by atoms with Gasteiger partial charge in [0.1, 0.15) is 11.5 Å². The molecule has 1 aromatic rings. The summed E-state index contributed by atoms with van der Waals surface area (Å²) < 4.78 is 10.5. The first-order valence-corrected chi connectivity index (χ1v) is 6.89. The summed E-state index contributed by atoms with van der Waals surface area (Å²) in [5, 5.41) is 2.91. The molecule has 1 N–H and O–H groups in total. The third-order valence-electron chi connectivity index (χ3n) is 3.22. The number of hydrogen-bond acceptors (Lipinski definition) is 3. The maximum atomic E-state index is 11.8. The quantitative estimate of drug-likeness (QED) is 0.833. The number of methoxy groups -OCH3 is 2. The van der Waals surface area contributed by atoms with Gasteiger partial charge in [-0.25, -0.2) is 4.79 Å². The first-order chi connectivity index (χ1) is 9.65. The van der Waals surface area contributed by atoms with Gasteiger partial charge in [-0.3, -0.25) is 0 Å². The molecular formula is C15H24N2O3. The second-order valence-electron chi connectivity index (χ2n) is 4.33. The Hall–Kier alpha value is -1.91. The van der Waals surface area contributed by atoms with Crippen molar-refractivity contribution in [2.24, 2.45) is 0 Å². The largest absolute Gasteiger partial charge is 0.497 e. The molecule has 0 fully saturated rings. The predicted octanol–water partition coefficient (Wildman–Crippen LogP) is 2.30. The molecule has 0 saturated carbocycles. The van der Waals surface area contributed by atoms with E-state index in [-0.39, 0.29) is 6.03 Å². The molecule has 0 atom stereocenters. The van der Waals surface area contributed by atoms with Crippen LogP contribution in [-0.2, 0) is 6.42 Å². The fraction of sp³-hybridized carbons (Fsp3) is 0.533. The van der Waals surface area contributed by atoms with Crippen LogP contribution in [0, 0.1) is 0 Å². The van der Waals surface area contributed by atoms with Gasteiger partial charge in [0.25, 0.3) is 0 Å². The summed E-state index contributed by atoms with van der Waals surface area (Å²) >= 11 is 0. The normalized spacial score (nSPS) is 10.0. The molecule has 20 heavy (non-hydrogen) atoms. The SMILES string of the molecule is CCN(CC)C(=O)NCCc1ccc(OC)cc1OC. The van der Waals surface area contributed by atoms with Crippen molar-refractivity contribution >= 4 is 6.03 Å². The lowest BCUT2D eigenvalue weighted by molar-refractivity contribution is 0.203. The third kappa shape index (κ3) is 4.33. The molecule has 2 amide bonds. The number of carbonyl (C=O) groups is 1. The van der Waals surface area contributed by atoms with E-state index in [4.69, 9.17) is 9.47 Å². The molecular weight excluding hydrogens is 256 g/mol. The Kier molecular flexibility index (Phi) is 6.70. The first-order valence-electron chi connectivity index (χ1n) is 6.89. The summed E-state index contributed by atoms with van der Waals surface area (Å²) in [7, 11) is 3.26. The molecule has 112 valence electrons. The fourth-order valence-electron chi connectivity index (χ4n) is 1.99. The Labute approximate surface area is 120 Å². The molecule has 0 bridgehead atoms. The number of nitrogens with zero attached hydrogens (tertiary/aromatic N) is 1. The highest BCUT2D eigenvalue weighted by atomic mass is 16.5. The zero-order valence-electron chi connectivity index (χ0n) is 12.7. The molecule has 1 rings (SSSR count). The van der Waals surface area contributed by atoms with Crippen LogP contribution in [0.2, 0.25) is 0 Å². The Morgan fingerprint density at radius 3 is 2.45 bits per heavy atom. The average Bonchev–Trinajstić information content (AvgIpc) is 2.48. The van der Waals surface area contributed by atoms with Gasteiger partial charge in [0.15, 0.2) is 0 Å². The Bertz CT molecular complexity index is 431. The van der Waals surface area contributed by atoms with Crippen LogP contribution >= 0.6 is 0 Å². The van der Waals surface area contributed by atoms with Gasteiger partial charge in [-0.2, -0.15) is 0 Å². The van der Waals surface area contributed by atoms with Crippen LogP contribution in [0.4, 0.5) is 4.79 Å². The molecule has 0 aromatic heterocycles. The molecule has 0 aliphatic carbocycles. The van der Waals surface area contributed by atoms with Gasteiger partial charge < -0.3 is 19.7 Å². The Morgan fingerprint density at radius 1 is 1.20 bits per heavy atom. The van der Waals surface area contributed by atoms with Crippen LogP contribution in [0.3, 0.4) is 0 Å². The van der Waals surface area contributed by atoms with Crippen molar-refractivity contribution in [3.05, 3.63) is 23.8 Å². The van der Waals surface area contributed by atoms with E-state index in [9.17, 15) is 4.79 Å². The summed E-state index contributed by atoms with van der Waals surface area (Å²) in [5.41, 5.74) is 1.05. The highest BCUT2D eigenvalue weighted by Crippen LogP contribution is 2.24. The second-order valence-corrected chi connectivity index (χ2v) is 4.33. The molecule has 5 nitrogen and oxygen atoms in total. The number of carbonyl (C=O) groups excluding carboxylic acids is 1. The topological polar surface area (TPSA) is 50.8 Å². The summed E-state index contributed by atoms with van der Waals surface area (Å²) in [6.07, 6.45) is 0.722. The summed E-state index contributed by atoms with van der Waals surface area (Å²) in [5.74, 6) is 1.54. The minimum Gasteiger partial charge on any atom is -0.497 e. The van der Waals surface area contributed by atoms with Crippen LogP contribution < -0.4 is 14.8 Å². The number of hydrogen-bond donors (Lipinski definition) is 1. The number of urea groups is 1. The summed E-state index contributed by atoms with van der Waals surface area (Å²) in [6.45, 7) is 5.95. The van der Waals surface area contributed by atoms with Gasteiger partial charge in [-0.05, 0) is 31.9 Å². The zero-order valence-corrected chi connectivity index (χ0v) is 12.7. The number of rotatable bonds is 7. The fourth-order valence-corrected chi connectivity index (χ4v) is 1.99. The minimum absolute atomic E-state index is 0.0255. The van der Waals surface area contributed by atoms with E-state index in [1.54, 1.807) is 19.1 Å². The van der Waals surface area contributed by atoms with Crippen LogP contribution in [0.25, 0.3) is 0 Å². The van der Waals surface area contributed by atoms with Gasteiger partial charge in [0.05, 0.1) is 14.2 Å². The average molecular weight is 280 g/mol. The molecule has 0 saturated heterocycles. The van der Waals surface area contributed by atoms with Crippen molar-refractivity contribution in [1.29, 1.82) is 0 Å². The smallest absolute Gasteiger partial charge is 0.317 e. The van der Waals surface area contributed by atoms with Crippen molar-refractivity contribution in [2.45, 2.75) is 20.3 Å². The van der Waals surface area contributed by atoms with Crippen molar-refractivity contribution in [1.82, 2.24) is 10.2 Å². The maximum Gasteiger partial charge on any atom is 0.317 e. The predicted molar refractivity (Wildman–Crippen MR) is 79.6 cm³/mol. The second kappa shape index (κ2) is 8.30. The third-order valence-corrected chi connectivity index (χ3v) is 3.22. The molecule has 0 unspecified atom stereocenters. The standard InChI is InChI=1S/C15H24N2O3/c1-5-17(6-2)15(18)16-10-9-12-7-8-13(19-3)11-14(12)20-4/h7-8,11H,5-6,9-10H2,1-4H3,(H,16,18). The van der Waals surface area contributed by atoms with Gasteiger partial charge in [0.2, 0.25) is 0 Å². The Morgan fingerprint density at radius 2 is 1.90 bits per heavy atom.